The van der Waals surface area contributed by atoms with Gasteiger partial charge >= 0.3 is 0 Å². The first-order chi connectivity index (χ1) is 8.72. The van der Waals surface area contributed by atoms with Gasteiger partial charge in [-0.25, -0.2) is 0 Å². The molecule has 0 aliphatic carbocycles. The fraction of sp³-hybridized carbons (Fsp3) is 0.462. The second kappa shape index (κ2) is 7.55. The summed E-state index contributed by atoms with van der Waals surface area (Å²) in [6, 6.07) is 5.48. The molecule has 5 nitrogen and oxygen atoms in total. The summed E-state index contributed by atoms with van der Waals surface area (Å²) in [5.74, 6) is 1.33. The molecule has 0 aliphatic rings. The van der Waals surface area contributed by atoms with Crippen LogP contribution in [0.5, 0.6) is 11.5 Å². The summed E-state index contributed by atoms with van der Waals surface area (Å²) in [5, 5.41) is 12.6. The van der Waals surface area contributed by atoms with Crippen molar-refractivity contribution in [2.75, 3.05) is 20.8 Å². The van der Waals surface area contributed by atoms with Crippen LogP contribution in [0.1, 0.15) is 18.9 Å². The van der Waals surface area contributed by atoms with Gasteiger partial charge in [0.15, 0.2) is 0 Å². The summed E-state index contributed by atoms with van der Waals surface area (Å²) in [5.41, 5.74) is 0.721. The molecule has 0 amide bonds. The summed E-state index contributed by atoms with van der Waals surface area (Å²) in [6.07, 6.45) is 1.96. The van der Waals surface area contributed by atoms with Crippen LogP contribution in [0.2, 0.25) is 0 Å². The first-order valence-electron chi connectivity index (χ1n) is 5.74. The van der Waals surface area contributed by atoms with Crippen LogP contribution >= 0.6 is 0 Å². The van der Waals surface area contributed by atoms with Gasteiger partial charge in [-0.3, -0.25) is 0 Å². The molecule has 1 atom stereocenters. The van der Waals surface area contributed by atoms with E-state index >= 15 is 0 Å². The largest absolute Gasteiger partial charge is 0.496 e. The van der Waals surface area contributed by atoms with E-state index in [0.717, 1.165) is 5.56 Å². The third-order valence-electron chi connectivity index (χ3n) is 2.42. The predicted molar refractivity (Wildman–Crippen MR) is 69.4 cm³/mol. The molecule has 0 saturated carbocycles. The highest BCUT2D eigenvalue weighted by atomic mass is 16.6. The van der Waals surface area contributed by atoms with Gasteiger partial charge in [0.2, 0.25) is 0 Å². The molecule has 1 unspecified atom stereocenters. The van der Waals surface area contributed by atoms with E-state index in [0.29, 0.717) is 17.9 Å². The van der Waals surface area contributed by atoms with Gasteiger partial charge in [-0.1, -0.05) is 11.2 Å². The summed E-state index contributed by atoms with van der Waals surface area (Å²) < 4.78 is 10.5. The van der Waals surface area contributed by atoms with E-state index in [9.17, 15) is 0 Å². The summed E-state index contributed by atoms with van der Waals surface area (Å²) >= 11 is 0. The minimum absolute atomic E-state index is 0.0780. The zero-order valence-corrected chi connectivity index (χ0v) is 10.9. The van der Waals surface area contributed by atoms with E-state index in [1.165, 1.54) is 0 Å². The number of oxime groups is 1. The molecule has 1 aromatic rings. The van der Waals surface area contributed by atoms with E-state index < -0.39 is 0 Å². The topological polar surface area (TPSA) is 60.3 Å². The van der Waals surface area contributed by atoms with Crippen molar-refractivity contribution in [1.29, 1.82) is 0 Å². The number of benzene rings is 1. The van der Waals surface area contributed by atoms with E-state index in [-0.39, 0.29) is 12.7 Å². The molecule has 0 heterocycles. The van der Waals surface area contributed by atoms with Gasteiger partial charge in [-0.2, -0.15) is 0 Å². The smallest absolute Gasteiger partial charge is 0.131 e. The molecule has 18 heavy (non-hydrogen) atoms. The molecule has 1 rings (SSSR count). The Kier molecular flexibility index (Phi) is 6.00. The number of hydrogen-bond donors (Lipinski definition) is 1. The quantitative estimate of drug-likeness (QED) is 0.595. The Hall–Kier alpha value is -1.75. The minimum Gasteiger partial charge on any atom is -0.496 e. The van der Waals surface area contributed by atoms with Gasteiger partial charge in [0, 0.05) is 13.0 Å². The van der Waals surface area contributed by atoms with Crippen LogP contribution in [-0.2, 0) is 4.84 Å². The van der Waals surface area contributed by atoms with Crippen LogP contribution in [0.3, 0.4) is 0 Å². The fourth-order valence-electron chi connectivity index (χ4n) is 1.43. The van der Waals surface area contributed by atoms with Crippen LogP contribution in [-0.4, -0.2) is 38.3 Å². The number of ether oxygens (including phenoxy) is 2. The third kappa shape index (κ3) is 3.92. The number of hydrogen-bond acceptors (Lipinski definition) is 5. The Labute approximate surface area is 107 Å². The van der Waals surface area contributed by atoms with Crippen molar-refractivity contribution < 1.29 is 19.4 Å². The molecule has 0 radical (unpaired) electrons. The van der Waals surface area contributed by atoms with Crippen molar-refractivity contribution in [2.24, 2.45) is 5.16 Å². The van der Waals surface area contributed by atoms with E-state index in [1.54, 1.807) is 20.4 Å². The summed E-state index contributed by atoms with van der Waals surface area (Å²) in [4.78, 5) is 5.18. The number of aliphatic hydroxyl groups is 1. The van der Waals surface area contributed by atoms with E-state index in [2.05, 4.69) is 5.16 Å². The molecule has 0 bridgehead atoms. The summed E-state index contributed by atoms with van der Waals surface area (Å²) in [6.45, 7) is 1.92. The lowest BCUT2D eigenvalue weighted by atomic mass is 10.2. The lowest BCUT2D eigenvalue weighted by Gasteiger charge is -2.10. The van der Waals surface area contributed by atoms with E-state index in [4.69, 9.17) is 19.4 Å². The number of nitrogens with zero attached hydrogens (tertiary/aromatic N) is 1. The van der Waals surface area contributed by atoms with Crippen LogP contribution in [0.25, 0.3) is 0 Å². The molecule has 0 aliphatic heterocycles. The number of aliphatic hydroxyl groups excluding tert-OH is 1. The highest BCUT2D eigenvalue weighted by Crippen LogP contribution is 2.26. The second-order valence-electron chi connectivity index (χ2n) is 3.74. The van der Waals surface area contributed by atoms with Crippen molar-refractivity contribution in [3.05, 3.63) is 23.8 Å². The van der Waals surface area contributed by atoms with Crippen molar-refractivity contribution in [1.82, 2.24) is 0 Å². The first kappa shape index (κ1) is 14.3. The molecule has 5 heteroatoms. The Balaban J connectivity index is 2.78. The van der Waals surface area contributed by atoms with Gasteiger partial charge in [-0.05, 0) is 19.1 Å². The highest BCUT2D eigenvalue weighted by molar-refractivity contribution is 5.87. The SMILES string of the molecule is COc1cccc(OC)c1/C=N/OC(C)CCO. The Morgan fingerprint density at radius 1 is 1.28 bits per heavy atom. The molecule has 0 aromatic heterocycles. The molecule has 1 N–H and O–H groups in total. The second-order valence-corrected chi connectivity index (χ2v) is 3.74. The number of methoxy groups -OCH3 is 2. The Morgan fingerprint density at radius 3 is 2.39 bits per heavy atom. The maximum absolute atomic E-state index is 8.75. The van der Waals surface area contributed by atoms with Crippen molar-refractivity contribution in [3.63, 3.8) is 0 Å². The Morgan fingerprint density at radius 2 is 1.89 bits per heavy atom. The molecular weight excluding hydrogens is 234 g/mol. The highest BCUT2D eigenvalue weighted by Gasteiger charge is 2.07. The zero-order chi connectivity index (χ0) is 13.4. The van der Waals surface area contributed by atoms with Crippen LogP contribution in [0.4, 0.5) is 0 Å². The minimum atomic E-state index is -0.132. The molecule has 0 saturated heterocycles. The molecule has 0 fully saturated rings. The van der Waals surface area contributed by atoms with Crippen molar-refractivity contribution >= 4 is 6.21 Å². The van der Waals surface area contributed by atoms with Gasteiger partial charge in [0.1, 0.15) is 17.6 Å². The maximum atomic E-state index is 8.75. The van der Waals surface area contributed by atoms with Crippen LogP contribution in [0, 0.1) is 0 Å². The number of rotatable bonds is 7. The van der Waals surface area contributed by atoms with E-state index in [1.807, 2.05) is 25.1 Å². The molecule has 0 spiro atoms. The van der Waals surface area contributed by atoms with Crippen LogP contribution in [0.15, 0.2) is 23.4 Å². The first-order valence-corrected chi connectivity index (χ1v) is 5.74. The normalized spacial score (nSPS) is 12.4. The Bertz CT molecular complexity index is 370. The molecular formula is C13H19NO4. The van der Waals surface area contributed by atoms with Crippen LogP contribution < -0.4 is 9.47 Å². The average Bonchev–Trinajstić information content (AvgIpc) is 2.39. The van der Waals surface area contributed by atoms with Gasteiger partial charge < -0.3 is 19.4 Å². The monoisotopic (exact) mass is 253 g/mol. The molecule has 100 valence electrons. The lowest BCUT2D eigenvalue weighted by molar-refractivity contribution is 0.0542. The van der Waals surface area contributed by atoms with Crippen molar-refractivity contribution in [3.8, 4) is 11.5 Å². The van der Waals surface area contributed by atoms with Gasteiger partial charge in [-0.15, -0.1) is 0 Å². The van der Waals surface area contributed by atoms with Gasteiger partial charge in [0.25, 0.3) is 0 Å². The zero-order valence-electron chi connectivity index (χ0n) is 10.9. The predicted octanol–water partition coefficient (Wildman–Crippen LogP) is 1.83. The average molecular weight is 253 g/mol. The fourth-order valence-corrected chi connectivity index (χ4v) is 1.43. The summed E-state index contributed by atoms with van der Waals surface area (Å²) in [7, 11) is 3.17. The van der Waals surface area contributed by atoms with Gasteiger partial charge in [0.05, 0.1) is 26.0 Å². The third-order valence-corrected chi connectivity index (χ3v) is 2.42. The molecule has 1 aromatic carbocycles. The lowest BCUT2D eigenvalue weighted by Crippen LogP contribution is -2.06. The standard InChI is InChI=1S/C13H19NO4/c1-10(7-8-15)18-14-9-11-12(16-2)5-4-6-13(11)17-3/h4-6,9-10,15H,7-8H2,1-3H3/b14-9+. The maximum Gasteiger partial charge on any atom is 0.131 e. The van der Waals surface area contributed by atoms with Crippen molar-refractivity contribution in [2.45, 2.75) is 19.4 Å².